The van der Waals surface area contributed by atoms with E-state index in [1.54, 1.807) is 6.08 Å². The Morgan fingerprint density at radius 2 is 2.00 bits per heavy atom. The third kappa shape index (κ3) is 2.63. The number of fused-ring (bicyclic) bond motifs is 2. The second kappa shape index (κ2) is 5.82. The summed E-state index contributed by atoms with van der Waals surface area (Å²) in [6, 6.07) is 13.1. The van der Waals surface area contributed by atoms with E-state index < -0.39 is 0 Å². The smallest absolute Gasteiger partial charge is 0.250 e. The average Bonchev–Trinajstić information content (AvgIpc) is 3.12. The van der Waals surface area contributed by atoms with Crippen LogP contribution in [-0.2, 0) is 4.79 Å². The first-order chi connectivity index (χ1) is 11.7. The van der Waals surface area contributed by atoms with Crippen LogP contribution in [0.25, 0.3) is 22.8 Å². The lowest BCUT2D eigenvalue weighted by atomic mass is 10.3. The van der Waals surface area contributed by atoms with Crippen molar-refractivity contribution in [3.8, 4) is 0 Å². The molecule has 7 heteroatoms. The fraction of sp³-hybridized carbons (Fsp3) is 0. The quantitative estimate of drug-likeness (QED) is 0.562. The Kier molecular flexibility index (Phi) is 3.51. The van der Waals surface area contributed by atoms with E-state index >= 15 is 0 Å². The summed E-state index contributed by atoms with van der Waals surface area (Å²) in [6.45, 7) is 0. The van der Waals surface area contributed by atoms with Crippen LogP contribution in [0.2, 0.25) is 5.15 Å². The molecule has 0 aliphatic carbocycles. The van der Waals surface area contributed by atoms with Gasteiger partial charge in [0, 0.05) is 12.3 Å². The number of aromatic amines is 1. The highest BCUT2D eigenvalue weighted by molar-refractivity contribution is 6.31. The average molecular weight is 338 g/mol. The number of anilines is 1. The molecule has 0 spiro atoms. The number of amides is 1. The van der Waals surface area contributed by atoms with Crippen LogP contribution in [0.3, 0.4) is 0 Å². The van der Waals surface area contributed by atoms with E-state index in [4.69, 9.17) is 11.6 Å². The number of rotatable bonds is 3. The SMILES string of the molecule is O=C(/C=C/c1c(Cl)nc2ccccn12)Nc1nc2ccccc2[nH]1. The fourth-order valence-electron chi connectivity index (χ4n) is 2.46. The van der Waals surface area contributed by atoms with Crippen LogP contribution in [0.15, 0.2) is 54.7 Å². The Labute approximate surface area is 141 Å². The number of aromatic nitrogens is 4. The zero-order chi connectivity index (χ0) is 16.5. The topological polar surface area (TPSA) is 75.1 Å². The molecule has 0 bridgehead atoms. The largest absolute Gasteiger partial charge is 0.324 e. The van der Waals surface area contributed by atoms with Crippen molar-refractivity contribution in [3.63, 3.8) is 0 Å². The third-order valence-electron chi connectivity index (χ3n) is 3.55. The molecule has 24 heavy (non-hydrogen) atoms. The molecule has 0 saturated carbocycles. The molecule has 2 N–H and O–H groups in total. The lowest BCUT2D eigenvalue weighted by molar-refractivity contribution is -0.111. The minimum absolute atomic E-state index is 0.309. The van der Waals surface area contributed by atoms with Crippen molar-refractivity contribution in [2.75, 3.05) is 5.32 Å². The first-order valence-electron chi connectivity index (χ1n) is 7.27. The van der Waals surface area contributed by atoms with Gasteiger partial charge in [0.15, 0.2) is 5.15 Å². The number of nitrogens with zero attached hydrogens (tertiary/aromatic N) is 3. The minimum atomic E-state index is -0.309. The molecular weight excluding hydrogens is 326 g/mol. The van der Waals surface area contributed by atoms with Crippen molar-refractivity contribution in [1.82, 2.24) is 19.4 Å². The number of carbonyl (C=O) groups excluding carboxylic acids is 1. The van der Waals surface area contributed by atoms with Crippen LogP contribution in [0.1, 0.15) is 5.69 Å². The van der Waals surface area contributed by atoms with Gasteiger partial charge in [0.05, 0.1) is 16.7 Å². The highest BCUT2D eigenvalue weighted by atomic mass is 35.5. The molecule has 118 valence electrons. The number of imidazole rings is 2. The zero-order valence-corrected chi connectivity index (χ0v) is 13.2. The van der Waals surface area contributed by atoms with Gasteiger partial charge in [-0.25, -0.2) is 9.97 Å². The van der Waals surface area contributed by atoms with Crippen molar-refractivity contribution in [1.29, 1.82) is 0 Å². The maximum absolute atomic E-state index is 12.1. The van der Waals surface area contributed by atoms with Gasteiger partial charge in [0.2, 0.25) is 5.95 Å². The Bertz CT molecular complexity index is 1050. The summed E-state index contributed by atoms with van der Waals surface area (Å²) in [5.74, 6) is 0.0890. The first kappa shape index (κ1) is 14.5. The second-order valence-electron chi connectivity index (χ2n) is 5.14. The molecule has 0 atom stereocenters. The van der Waals surface area contributed by atoms with Gasteiger partial charge in [-0.05, 0) is 30.3 Å². The van der Waals surface area contributed by atoms with Crippen LogP contribution < -0.4 is 5.32 Å². The monoisotopic (exact) mass is 337 g/mol. The lowest BCUT2D eigenvalue weighted by Gasteiger charge is -1.97. The number of H-pyrrole nitrogens is 1. The summed E-state index contributed by atoms with van der Waals surface area (Å²) in [6.07, 6.45) is 4.86. The minimum Gasteiger partial charge on any atom is -0.324 e. The van der Waals surface area contributed by atoms with Crippen molar-refractivity contribution >= 4 is 46.2 Å². The molecule has 4 aromatic rings. The highest BCUT2D eigenvalue weighted by Crippen LogP contribution is 2.19. The maximum Gasteiger partial charge on any atom is 0.250 e. The van der Waals surface area contributed by atoms with Gasteiger partial charge in [-0.15, -0.1) is 0 Å². The van der Waals surface area contributed by atoms with Gasteiger partial charge in [0.1, 0.15) is 5.65 Å². The zero-order valence-electron chi connectivity index (χ0n) is 12.4. The predicted octanol–water partition coefficient (Wildman–Crippen LogP) is 3.52. The van der Waals surface area contributed by atoms with Gasteiger partial charge in [-0.3, -0.25) is 14.5 Å². The molecule has 1 amide bonds. The molecule has 3 aromatic heterocycles. The predicted molar refractivity (Wildman–Crippen MR) is 94.0 cm³/mol. The van der Waals surface area contributed by atoms with E-state index in [-0.39, 0.29) is 5.91 Å². The van der Waals surface area contributed by atoms with Gasteiger partial charge in [-0.1, -0.05) is 29.8 Å². The second-order valence-corrected chi connectivity index (χ2v) is 5.50. The molecular formula is C17H12ClN5O. The molecule has 1 aromatic carbocycles. The van der Waals surface area contributed by atoms with E-state index in [2.05, 4.69) is 20.3 Å². The number of halogens is 1. The number of carbonyl (C=O) groups is 1. The molecule has 0 radical (unpaired) electrons. The van der Waals surface area contributed by atoms with Crippen LogP contribution in [0.4, 0.5) is 5.95 Å². The number of pyridine rings is 1. The summed E-state index contributed by atoms with van der Waals surface area (Å²) in [4.78, 5) is 23.7. The molecule has 0 fully saturated rings. The molecule has 6 nitrogen and oxygen atoms in total. The van der Waals surface area contributed by atoms with Crippen LogP contribution >= 0.6 is 11.6 Å². The van der Waals surface area contributed by atoms with Gasteiger partial charge >= 0.3 is 0 Å². The molecule has 0 saturated heterocycles. The third-order valence-corrected chi connectivity index (χ3v) is 3.82. The van der Waals surface area contributed by atoms with Gasteiger partial charge in [-0.2, -0.15) is 0 Å². The van der Waals surface area contributed by atoms with E-state index in [0.29, 0.717) is 16.8 Å². The number of nitrogens with one attached hydrogen (secondary N) is 2. The summed E-state index contributed by atoms with van der Waals surface area (Å²) in [5.41, 5.74) is 3.02. The van der Waals surface area contributed by atoms with Crippen molar-refractivity contribution < 1.29 is 4.79 Å². The number of hydrogen-bond donors (Lipinski definition) is 2. The lowest BCUT2D eigenvalue weighted by Crippen LogP contribution is -2.09. The number of benzene rings is 1. The standard InChI is InChI=1S/C17H12ClN5O/c18-16-13(23-10-4-3-7-14(23)21-16)8-9-15(24)22-17-19-11-5-1-2-6-12(11)20-17/h1-10H,(H2,19,20,22,24)/b9-8+. The Hall–Kier alpha value is -3.12. The normalized spacial score (nSPS) is 11.5. The van der Waals surface area contributed by atoms with E-state index in [9.17, 15) is 4.79 Å². The van der Waals surface area contributed by atoms with Crippen LogP contribution in [0, 0.1) is 0 Å². The molecule has 0 unspecified atom stereocenters. The molecule has 0 aliphatic heterocycles. The summed E-state index contributed by atoms with van der Waals surface area (Å²) >= 11 is 6.13. The van der Waals surface area contributed by atoms with E-state index in [1.807, 2.05) is 53.1 Å². The van der Waals surface area contributed by atoms with Crippen molar-refractivity contribution in [2.45, 2.75) is 0 Å². The molecule has 4 rings (SSSR count). The maximum atomic E-state index is 12.1. The molecule has 3 heterocycles. The number of hydrogen-bond acceptors (Lipinski definition) is 3. The van der Waals surface area contributed by atoms with Crippen molar-refractivity contribution in [3.05, 3.63) is 65.6 Å². The van der Waals surface area contributed by atoms with Crippen LogP contribution in [0.5, 0.6) is 0 Å². The summed E-state index contributed by atoms with van der Waals surface area (Å²) in [5, 5.41) is 3.04. The van der Waals surface area contributed by atoms with Crippen LogP contribution in [-0.4, -0.2) is 25.3 Å². The van der Waals surface area contributed by atoms with E-state index in [1.165, 1.54) is 6.08 Å². The first-order valence-corrected chi connectivity index (χ1v) is 7.65. The van der Waals surface area contributed by atoms with Gasteiger partial charge < -0.3 is 4.98 Å². The fourth-order valence-corrected chi connectivity index (χ4v) is 2.70. The Morgan fingerprint density at radius 3 is 2.88 bits per heavy atom. The van der Waals surface area contributed by atoms with Gasteiger partial charge in [0.25, 0.3) is 5.91 Å². The van der Waals surface area contributed by atoms with E-state index in [0.717, 1.165) is 16.7 Å². The molecule has 0 aliphatic rings. The summed E-state index contributed by atoms with van der Waals surface area (Å²) < 4.78 is 1.81. The van der Waals surface area contributed by atoms with Crippen molar-refractivity contribution in [2.24, 2.45) is 0 Å². The Morgan fingerprint density at radius 1 is 1.17 bits per heavy atom. The summed E-state index contributed by atoms with van der Waals surface area (Å²) in [7, 11) is 0. The Balaban J connectivity index is 1.56. The highest BCUT2D eigenvalue weighted by Gasteiger charge is 2.08. The number of para-hydroxylation sites is 2.